The van der Waals surface area contributed by atoms with Crippen LogP contribution in [0.5, 0.6) is 0 Å². The lowest BCUT2D eigenvalue weighted by Gasteiger charge is -1.84. The summed E-state index contributed by atoms with van der Waals surface area (Å²) in [6.45, 7) is 0. The molecule has 0 fully saturated rings. The van der Waals surface area contributed by atoms with E-state index in [-0.39, 0.29) is 0 Å². The Morgan fingerprint density at radius 3 is 2.83 bits per heavy atom. The van der Waals surface area contributed by atoms with Crippen LogP contribution >= 0.6 is 35.2 Å². The van der Waals surface area contributed by atoms with Crippen molar-refractivity contribution in [3.63, 3.8) is 0 Å². The van der Waals surface area contributed by atoms with Crippen LogP contribution in [0.2, 0.25) is 4.34 Å². The number of thiophene rings is 1. The molecule has 0 aliphatic carbocycles. The van der Waals surface area contributed by atoms with Crippen molar-refractivity contribution < 1.29 is 0 Å². The lowest BCUT2D eigenvalue weighted by Crippen LogP contribution is -1.74. The van der Waals surface area contributed by atoms with Gasteiger partial charge >= 0.3 is 0 Å². The monoisotopic (exact) mass is 217 g/mol. The molecule has 0 radical (unpaired) electrons. The Morgan fingerprint density at radius 2 is 2.33 bits per heavy atom. The molecule has 0 amide bonds. The van der Waals surface area contributed by atoms with E-state index in [2.05, 4.69) is 15.2 Å². The molecular formula is C6H4ClN3S2. The van der Waals surface area contributed by atoms with Gasteiger partial charge in [0.05, 0.1) is 4.34 Å². The van der Waals surface area contributed by atoms with Gasteiger partial charge in [0.2, 0.25) is 4.77 Å². The molecule has 0 unspecified atom stereocenters. The number of hydrogen-bond acceptors (Lipinski definition) is 3. The Balaban J connectivity index is 2.50. The summed E-state index contributed by atoms with van der Waals surface area (Å²) in [5.74, 6) is 0.725. The fraction of sp³-hybridized carbons (Fsp3) is 0. The van der Waals surface area contributed by atoms with E-state index in [9.17, 15) is 0 Å². The molecule has 6 heteroatoms. The molecule has 2 N–H and O–H groups in total. The summed E-state index contributed by atoms with van der Waals surface area (Å²) in [5, 5.41) is 7.48. The molecule has 0 aromatic carbocycles. The van der Waals surface area contributed by atoms with Crippen molar-refractivity contribution in [3.05, 3.63) is 20.6 Å². The Labute approximate surface area is 82.4 Å². The summed E-state index contributed by atoms with van der Waals surface area (Å²) in [5.41, 5.74) is 0.956. The summed E-state index contributed by atoms with van der Waals surface area (Å²) in [6, 6.07) is 1.84. The minimum Gasteiger partial charge on any atom is -0.282 e. The highest BCUT2D eigenvalue weighted by molar-refractivity contribution is 7.71. The number of nitrogens with zero attached hydrogens (tertiary/aromatic N) is 1. The van der Waals surface area contributed by atoms with Crippen LogP contribution in [0.15, 0.2) is 11.4 Å². The second-order valence-corrected chi connectivity index (χ2v) is 4.08. The lowest BCUT2D eigenvalue weighted by molar-refractivity contribution is 1.08. The molecule has 0 bridgehead atoms. The Hall–Kier alpha value is -0.650. The van der Waals surface area contributed by atoms with Crippen LogP contribution in [0.4, 0.5) is 0 Å². The van der Waals surface area contributed by atoms with Crippen LogP contribution in [0.25, 0.3) is 11.4 Å². The molecule has 62 valence electrons. The number of nitrogens with one attached hydrogen (secondary N) is 2. The average Bonchev–Trinajstić information content (AvgIpc) is 2.58. The second-order valence-electron chi connectivity index (χ2n) is 2.16. The van der Waals surface area contributed by atoms with Crippen LogP contribution in [-0.4, -0.2) is 15.2 Å². The number of aromatic nitrogens is 3. The van der Waals surface area contributed by atoms with Crippen LogP contribution < -0.4 is 0 Å². The molecule has 2 aromatic rings. The Morgan fingerprint density at radius 1 is 1.50 bits per heavy atom. The zero-order valence-electron chi connectivity index (χ0n) is 5.80. The first-order chi connectivity index (χ1) is 5.75. The normalized spacial score (nSPS) is 10.4. The van der Waals surface area contributed by atoms with Gasteiger partial charge < -0.3 is 0 Å². The molecule has 0 saturated carbocycles. The van der Waals surface area contributed by atoms with Crippen molar-refractivity contribution in [1.29, 1.82) is 0 Å². The van der Waals surface area contributed by atoms with Gasteiger partial charge in [-0.15, -0.1) is 11.3 Å². The van der Waals surface area contributed by atoms with Crippen LogP contribution in [0.3, 0.4) is 0 Å². The van der Waals surface area contributed by atoms with E-state index in [0.29, 0.717) is 4.77 Å². The van der Waals surface area contributed by atoms with Gasteiger partial charge in [-0.25, -0.2) is 0 Å². The fourth-order valence-electron chi connectivity index (χ4n) is 0.841. The molecule has 2 aromatic heterocycles. The molecule has 0 atom stereocenters. The van der Waals surface area contributed by atoms with Gasteiger partial charge in [-0.3, -0.25) is 10.2 Å². The van der Waals surface area contributed by atoms with Crippen LogP contribution in [0, 0.1) is 4.77 Å². The highest BCUT2D eigenvalue weighted by Crippen LogP contribution is 2.25. The van der Waals surface area contributed by atoms with Gasteiger partial charge in [0, 0.05) is 10.9 Å². The standard InChI is InChI=1S/C6H4ClN3S2/c7-4-1-3(2-12-4)5-8-6(11)10-9-5/h1-2H,(H2,8,9,10,11). The summed E-state index contributed by atoms with van der Waals surface area (Å²) in [7, 11) is 0. The van der Waals surface area contributed by atoms with Gasteiger partial charge in [0.15, 0.2) is 5.82 Å². The quantitative estimate of drug-likeness (QED) is 0.722. The smallest absolute Gasteiger partial charge is 0.213 e. The maximum atomic E-state index is 5.76. The Bertz CT molecular complexity index is 441. The maximum absolute atomic E-state index is 5.76. The highest BCUT2D eigenvalue weighted by Gasteiger charge is 2.02. The first-order valence-corrected chi connectivity index (χ1v) is 4.81. The molecule has 3 nitrogen and oxygen atoms in total. The largest absolute Gasteiger partial charge is 0.282 e. The van der Waals surface area contributed by atoms with Crippen molar-refractivity contribution in [1.82, 2.24) is 15.2 Å². The molecule has 2 heterocycles. The maximum Gasteiger partial charge on any atom is 0.213 e. The van der Waals surface area contributed by atoms with E-state index in [1.807, 2.05) is 11.4 Å². The predicted molar refractivity (Wildman–Crippen MR) is 52.1 cm³/mol. The zero-order chi connectivity index (χ0) is 8.55. The van der Waals surface area contributed by atoms with Gasteiger partial charge in [0.25, 0.3) is 0 Å². The summed E-state index contributed by atoms with van der Waals surface area (Å²) in [4.78, 5) is 4.05. The molecule has 0 spiro atoms. The second kappa shape index (κ2) is 3.01. The van der Waals surface area contributed by atoms with Crippen LogP contribution in [-0.2, 0) is 0 Å². The van der Waals surface area contributed by atoms with Gasteiger partial charge in [-0.1, -0.05) is 11.6 Å². The van der Waals surface area contributed by atoms with Gasteiger partial charge in [-0.05, 0) is 18.3 Å². The van der Waals surface area contributed by atoms with E-state index in [0.717, 1.165) is 15.7 Å². The highest BCUT2D eigenvalue weighted by atomic mass is 35.5. The number of H-pyrrole nitrogens is 2. The summed E-state index contributed by atoms with van der Waals surface area (Å²) >= 11 is 12.0. The third kappa shape index (κ3) is 1.43. The average molecular weight is 218 g/mol. The van der Waals surface area contributed by atoms with E-state index in [1.165, 1.54) is 11.3 Å². The van der Waals surface area contributed by atoms with E-state index in [1.54, 1.807) is 0 Å². The van der Waals surface area contributed by atoms with E-state index < -0.39 is 0 Å². The van der Waals surface area contributed by atoms with Crippen molar-refractivity contribution in [2.45, 2.75) is 0 Å². The fourth-order valence-corrected chi connectivity index (χ4v) is 1.85. The van der Waals surface area contributed by atoms with Crippen molar-refractivity contribution >= 4 is 35.2 Å². The van der Waals surface area contributed by atoms with Crippen molar-refractivity contribution in [2.75, 3.05) is 0 Å². The number of rotatable bonds is 1. The number of hydrogen-bond donors (Lipinski definition) is 2. The predicted octanol–water partition coefficient (Wildman–Crippen LogP) is 2.85. The lowest BCUT2D eigenvalue weighted by atomic mass is 10.3. The first kappa shape index (κ1) is 7.97. The number of aromatic amines is 2. The molecule has 12 heavy (non-hydrogen) atoms. The molecule has 0 aliphatic heterocycles. The minimum absolute atomic E-state index is 0.451. The molecule has 0 aliphatic rings. The van der Waals surface area contributed by atoms with E-state index in [4.69, 9.17) is 23.8 Å². The Kier molecular flexibility index (Phi) is 2.00. The zero-order valence-corrected chi connectivity index (χ0v) is 8.19. The molecular weight excluding hydrogens is 214 g/mol. The SMILES string of the molecule is S=c1nc(-c2csc(Cl)c2)[nH][nH]1. The minimum atomic E-state index is 0.451. The third-order valence-corrected chi connectivity index (χ3v) is 2.63. The summed E-state index contributed by atoms with van der Waals surface area (Å²) in [6.07, 6.45) is 0. The van der Waals surface area contributed by atoms with Crippen LogP contribution in [0.1, 0.15) is 0 Å². The van der Waals surface area contributed by atoms with Gasteiger partial charge in [-0.2, -0.15) is 4.98 Å². The van der Waals surface area contributed by atoms with E-state index >= 15 is 0 Å². The van der Waals surface area contributed by atoms with Crippen molar-refractivity contribution in [3.8, 4) is 11.4 Å². The van der Waals surface area contributed by atoms with Gasteiger partial charge in [0.1, 0.15) is 0 Å². The first-order valence-electron chi connectivity index (χ1n) is 3.15. The number of halogens is 1. The third-order valence-electron chi connectivity index (χ3n) is 1.34. The van der Waals surface area contributed by atoms with Crippen molar-refractivity contribution in [2.24, 2.45) is 0 Å². The molecule has 2 rings (SSSR count). The molecule has 0 saturated heterocycles. The summed E-state index contributed by atoms with van der Waals surface area (Å²) < 4.78 is 1.19. The topological polar surface area (TPSA) is 44.5 Å².